The summed E-state index contributed by atoms with van der Waals surface area (Å²) in [6, 6.07) is 10.1. The molecule has 1 aromatic heterocycles. The maximum Gasteiger partial charge on any atom is 0.409 e. The first-order valence-electron chi connectivity index (χ1n) is 12.3. The number of carbonyl (C=O) groups is 1. The number of hydrogen-bond acceptors (Lipinski definition) is 7. The largest absolute Gasteiger partial charge is 0.507 e. The number of anilines is 1. The van der Waals surface area contributed by atoms with Crippen molar-refractivity contribution in [1.82, 2.24) is 14.9 Å². The SMILES string of the molecule is CCN(CCOC)C(=O)OC[C@H]1CCCN(c2nc(-c3c(O)cccc3F)nc3cc(C)ccc23)C1. The van der Waals surface area contributed by atoms with E-state index in [0.717, 1.165) is 30.3 Å². The van der Waals surface area contributed by atoms with Gasteiger partial charge in [-0.05, 0) is 56.5 Å². The maximum atomic E-state index is 14.7. The number of aryl methyl sites for hydroxylation is 1. The molecular weight excluding hydrogens is 463 g/mol. The second kappa shape index (κ2) is 11.5. The molecule has 1 N–H and O–H groups in total. The lowest BCUT2D eigenvalue weighted by molar-refractivity contribution is 0.0753. The Labute approximate surface area is 210 Å². The molecule has 0 unspecified atom stereocenters. The van der Waals surface area contributed by atoms with Crippen LogP contribution in [0.5, 0.6) is 5.75 Å². The Morgan fingerprint density at radius 1 is 1.28 bits per heavy atom. The number of nitrogens with zero attached hydrogens (tertiary/aromatic N) is 4. The number of benzene rings is 2. The molecule has 4 rings (SSSR count). The first kappa shape index (κ1) is 25.6. The molecule has 0 spiro atoms. The van der Waals surface area contributed by atoms with Crippen molar-refractivity contribution in [2.45, 2.75) is 26.7 Å². The molecule has 0 aliphatic carbocycles. The molecule has 192 valence electrons. The van der Waals surface area contributed by atoms with Gasteiger partial charge in [0, 0.05) is 44.6 Å². The molecule has 1 aliphatic rings. The third-order valence-corrected chi connectivity index (χ3v) is 6.51. The van der Waals surface area contributed by atoms with Gasteiger partial charge in [-0.1, -0.05) is 12.1 Å². The number of fused-ring (bicyclic) bond motifs is 1. The lowest BCUT2D eigenvalue weighted by Crippen LogP contribution is -2.40. The average Bonchev–Trinajstić information content (AvgIpc) is 2.87. The third kappa shape index (κ3) is 5.67. The van der Waals surface area contributed by atoms with Crippen molar-refractivity contribution in [2.24, 2.45) is 5.92 Å². The van der Waals surface area contributed by atoms with Crippen LogP contribution in [0.15, 0.2) is 36.4 Å². The number of carbonyl (C=O) groups excluding carboxylic acids is 1. The Hall–Kier alpha value is -3.46. The van der Waals surface area contributed by atoms with Crippen molar-refractivity contribution in [2.75, 3.05) is 51.4 Å². The van der Waals surface area contributed by atoms with Crippen LogP contribution in [0.2, 0.25) is 0 Å². The highest BCUT2D eigenvalue weighted by molar-refractivity contribution is 5.92. The average molecular weight is 497 g/mol. The van der Waals surface area contributed by atoms with Crippen LogP contribution in [0.25, 0.3) is 22.3 Å². The van der Waals surface area contributed by atoms with Gasteiger partial charge in [-0.3, -0.25) is 0 Å². The molecule has 1 atom stereocenters. The van der Waals surface area contributed by atoms with Gasteiger partial charge in [0.1, 0.15) is 17.4 Å². The molecule has 1 fully saturated rings. The van der Waals surface area contributed by atoms with Gasteiger partial charge in [-0.2, -0.15) is 0 Å². The molecule has 2 aromatic carbocycles. The Bertz CT molecular complexity index is 1200. The zero-order chi connectivity index (χ0) is 25.7. The molecule has 8 nitrogen and oxygen atoms in total. The number of ether oxygens (including phenoxy) is 2. The molecule has 1 aliphatic heterocycles. The summed E-state index contributed by atoms with van der Waals surface area (Å²) < 4.78 is 25.4. The summed E-state index contributed by atoms with van der Waals surface area (Å²) in [7, 11) is 1.60. The van der Waals surface area contributed by atoms with Crippen molar-refractivity contribution in [1.29, 1.82) is 0 Å². The molecule has 1 saturated heterocycles. The highest BCUT2D eigenvalue weighted by Crippen LogP contribution is 2.35. The van der Waals surface area contributed by atoms with Gasteiger partial charge in [0.05, 0.1) is 24.3 Å². The van der Waals surface area contributed by atoms with Crippen LogP contribution in [0.3, 0.4) is 0 Å². The van der Waals surface area contributed by atoms with Crippen molar-refractivity contribution >= 4 is 22.8 Å². The number of aromatic hydroxyl groups is 1. The summed E-state index contributed by atoms with van der Waals surface area (Å²) in [5, 5.41) is 11.2. The molecule has 2 heterocycles. The van der Waals surface area contributed by atoms with Gasteiger partial charge >= 0.3 is 6.09 Å². The lowest BCUT2D eigenvalue weighted by Gasteiger charge is -2.34. The Morgan fingerprint density at radius 2 is 2.11 bits per heavy atom. The highest BCUT2D eigenvalue weighted by atomic mass is 19.1. The van der Waals surface area contributed by atoms with Crippen molar-refractivity contribution < 1.29 is 23.8 Å². The Kier molecular flexibility index (Phi) is 8.20. The standard InChI is InChI=1S/C27H33FN4O4/c1-4-31(13-14-35-3)27(34)36-17-19-7-6-12-32(16-19)26-20-11-10-18(2)15-22(20)29-25(30-26)24-21(28)8-5-9-23(24)33/h5,8-11,15,19,33H,4,6-7,12-14,16-17H2,1-3H3/t19-/m0/s1. The smallest absolute Gasteiger partial charge is 0.409 e. The summed E-state index contributed by atoms with van der Waals surface area (Å²) in [6.07, 6.45) is 1.49. The number of phenols is 1. The summed E-state index contributed by atoms with van der Waals surface area (Å²) in [6.45, 7) is 7.09. The van der Waals surface area contributed by atoms with Gasteiger partial charge in [-0.15, -0.1) is 0 Å². The van der Waals surface area contributed by atoms with Gasteiger partial charge in [0.25, 0.3) is 0 Å². The Morgan fingerprint density at radius 3 is 2.86 bits per heavy atom. The number of phenolic OH excluding ortho intramolecular Hbond substituents is 1. The summed E-state index contributed by atoms with van der Waals surface area (Å²) in [4.78, 5) is 25.6. The van der Waals surface area contributed by atoms with Crippen molar-refractivity contribution in [3.8, 4) is 17.1 Å². The third-order valence-electron chi connectivity index (χ3n) is 6.51. The van der Waals surface area contributed by atoms with Crippen LogP contribution in [-0.4, -0.2) is 72.6 Å². The fourth-order valence-corrected chi connectivity index (χ4v) is 4.56. The van der Waals surface area contributed by atoms with E-state index in [2.05, 4.69) is 9.88 Å². The predicted molar refractivity (Wildman–Crippen MR) is 137 cm³/mol. The second-order valence-electron chi connectivity index (χ2n) is 9.13. The highest BCUT2D eigenvalue weighted by Gasteiger charge is 2.26. The van der Waals surface area contributed by atoms with Gasteiger partial charge in [-0.25, -0.2) is 19.2 Å². The van der Waals surface area contributed by atoms with Crippen LogP contribution in [0.1, 0.15) is 25.3 Å². The van der Waals surface area contributed by atoms with E-state index in [4.69, 9.17) is 14.5 Å². The zero-order valence-corrected chi connectivity index (χ0v) is 21.0. The second-order valence-corrected chi connectivity index (χ2v) is 9.13. The first-order valence-corrected chi connectivity index (χ1v) is 12.3. The molecule has 0 saturated carbocycles. The minimum absolute atomic E-state index is 0.0136. The Balaban J connectivity index is 1.59. The van der Waals surface area contributed by atoms with E-state index in [1.165, 1.54) is 18.2 Å². The first-order chi connectivity index (χ1) is 17.4. The zero-order valence-electron chi connectivity index (χ0n) is 21.0. The van der Waals surface area contributed by atoms with Crippen LogP contribution in [0, 0.1) is 18.7 Å². The number of piperidine rings is 1. The van der Waals surface area contributed by atoms with E-state index in [-0.39, 0.29) is 29.1 Å². The van der Waals surface area contributed by atoms with Crippen LogP contribution in [-0.2, 0) is 9.47 Å². The summed E-state index contributed by atoms with van der Waals surface area (Å²) in [5.41, 5.74) is 1.69. The normalized spacial score (nSPS) is 15.8. The number of methoxy groups -OCH3 is 1. The summed E-state index contributed by atoms with van der Waals surface area (Å²) >= 11 is 0. The minimum atomic E-state index is -0.578. The molecule has 0 bridgehead atoms. The maximum absolute atomic E-state index is 14.7. The van der Waals surface area contributed by atoms with Crippen molar-refractivity contribution in [3.63, 3.8) is 0 Å². The van der Waals surface area contributed by atoms with E-state index < -0.39 is 5.82 Å². The van der Waals surface area contributed by atoms with Crippen LogP contribution < -0.4 is 4.90 Å². The lowest BCUT2D eigenvalue weighted by atomic mass is 9.98. The minimum Gasteiger partial charge on any atom is -0.507 e. The van der Waals surface area contributed by atoms with Gasteiger partial charge in [0.15, 0.2) is 5.82 Å². The number of halogens is 1. The molecule has 9 heteroatoms. The number of amides is 1. The molecular formula is C27H33FN4O4. The van der Waals surface area contributed by atoms with Crippen LogP contribution >= 0.6 is 0 Å². The topological polar surface area (TPSA) is 88.0 Å². The van der Waals surface area contributed by atoms with E-state index >= 15 is 0 Å². The molecule has 0 radical (unpaired) electrons. The number of rotatable bonds is 8. The fraction of sp³-hybridized carbons (Fsp3) is 0.444. The number of aromatic nitrogens is 2. The van der Waals surface area contributed by atoms with E-state index in [0.29, 0.717) is 44.2 Å². The van der Waals surface area contributed by atoms with E-state index in [9.17, 15) is 14.3 Å². The molecule has 1 amide bonds. The van der Waals surface area contributed by atoms with E-state index in [1.807, 2.05) is 32.0 Å². The number of likely N-dealkylation sites (N-methyl/N-ethyl adjacent to an activating group) is 1. The van der Waals surface area contributed by atoms with Gasteiger partial charge < -0.3 is 24.4 Å². The molecule has 36 heavy (non-hydrogen) atoms. The fourth-order valence-electron chi connectivity index (χ4n) is 4.56. The van der Waals surface area contributed by atoms with Gasteiger partial charge in [0.2, 0.25) is 0 Å². The van der Waals surface area contributed by atoms with E-state index in [1.54, 1.807) is 12.0 Å². The van der Waals surface area contributed by atoms with Crippen LogP contribution in [0.4, 0.5) is 15.0 Å². The monoisotopic (exact) mass is 496 g/mol. The quantitative estimate of drug-likeness (QED) is 0.481. The number of hydrogen-bond donors (Lipinski definition) is 1. The predicted octanol–water partition coefficient (Wildman–Crippen LogP) is 4.77. The summed E-state index contributed by atoms with van der Waals surface area (Å²) in [5.74, 6) is 0.174. The van der Waals surface area contributed by atoms with Crippen molar-refractivity contribution in [3.05, 3.63) is 47.8 Å². The molecule has 3 aromatic rings.